The predicted molar refractivity (Wildman–Crippen MR) is 111 cm³/mol. The fourth-order valence-corrected chi connectivity index (χ4v) is 4.99. The van der Waals surface area contributed by atoms with Crippen molar-refractivity contribution in [3.05, 3.63) is 109 Å². The summed E-state index contributed by atoms with van der Waals surface area (Å²) >= 11 is 0. The van der Waals surface area contributed by atoms with Gasteiger partial charge in [0, 0.05) is 16.8 Å². The molecule has 0 radical (unpaired) electrons. The molecule has 0 saturated carbocycles. The molecule has 0 heterocycles. The second kappa shape index (κ2) is 7.11. The highest BCUT2D eigenvalue weighted by Crippen LogP contribution is 2.45. The Hall–Kier alpha value is -2.96. The fraction of sp³-hybridized carbons (Fsp3) is 0. The minimum atomic E-state index is -3.12. The summed E-state index contributed by atoms with van der Waals surface area (Å²) in [5.41, 5.74) is 0.935. The zero-order valence-corrected chi connectivity index (χ0v) is 15.1. The van der Waals surface area contributed by atoms with Crippen molar-refractivity contribution in [1.82, 2.24) is 0 Å². The average molecular weight is 355 g/mol. The Labute approximate surface area is 153 Å². The molecule has 0 aliphatic heterocycles. The summed E-state index contributed by atoms with van der Waals surface area (Å²) in [5, 5.41) is 3.68. The lowest BCUT2D eigenvalue weighted by atomic mass is 10.1. The van der Waals surface area contributed by atoms with Crippen LogP contribution in [0.2, 0.25) is 0 Å². The van der Waals surface area contributed by atoms with Crippen LogP contribution in [0.15, 0.2) is 108 Å². The van der Waals surface area contributed by atoms with Gasteiger partial charge in [-0.05, 0) is 40.6 Å². The van der Waals surface area contributed by atoms with E-state index in [1.807, 2.05) is 97.1 Å². The molecule has 4 aromatic carbocycles. The molecule has 0 spiro atoms. The number of hydrogen-bond acceptors (Lipinski definition) is 1. The van der Waals surface area contributed by atoms with E-state index in [9.17, 15) is 4.57 Å². The van der Waals surface area contributed by atoms with Crippen LogP contribution in [-0.2, 0) is 4.57 Å². The molecule has 1 atom stereocenters. The lowest BCUT2D eigenvalue weighted by molar-refractivity contribution is 0.588. The first-order valence-corrected chi connectivity index (χ1v) is 10.2. The Kier molecular flexibility index (Phi) is 4.51. The maximum absolute atomic E-state index is 14.0. The van der Waals surface area contributed by atoms with Crippen LogP contribution >= 0.6 is 7.29 Å². The van der Waals surface area contributed by atoms with E-state index in [1.165, 1.54) is 0 Å². The van der Waals surface area contributed by atoms with Gasteiger partial charge in [0.15, 0.2) is 0 Å². The van der Waals surface area contributed by atoms with Gasteiger partial charge in [-0.2, -0.15) is 0 Å². The lowest BCUT2D eigenvalue weighted by Crippen LogP contribution is -2.14. The highest BCUT2D eigenvalue weighted by molar-refractivity contribution is 7.77. The third-order valence-corrected chi connectivity index (χ3v) is 6.78. The van der Waals surface area contributed by atoms with Crippen LogP contribution < -0.4 is 10.6 Å². The first kappa shape index (κ1) is 16.5. The molecule has 0 N–H and O–H groups in total. The molecule has 0 aromatic heterocycles. The van der Waals surface area contributed by atoms with E-state index in [0.29, 0.717) is 0 Å². The number of hydrogen-bond donors (Lipinski definition) is 0. The molecule has 0 aliphatic carbocycles. The first-order valence-electron chi connectivity index (χ1n) is 8.51. The Morgan fingerprint density at radius 3 is 1.96 bits per heavy atom. The Bertz CT molecular complexity index is 1100. The highest BCUT2D eigenvalue weighted by Gasteiger charge is 2.26. The van der Waals surface area contributed by atoms with Crippen LogP contribution in [0, 0.1) is 0 Å². The third-order valence-electron chi connectivity index (χ3n) is 4.36. The predicted octanol–water partition coefficient (Wildman–Crippen LogP) is 5.19. The van der Waals surface area contributed by atoms with Gasteiger partial charge in [-0.15, -0.1) is 0 Å². The number of fused-ring (bicyclic) bond motifs is 1. The first-order chi connectivity index (χ1) is 12.8. The van der Waals surface area contributed by atoms with Gasteiger partial charge in [-0.1, -0.05) is 78.9 Å². The molecule has 2 nitrogen and oxygen atoms in total. The lowest BCUT2D eigenvalue weighted by Gasteiger charge is -2.15. The summed E-state index contributed by atoms with van der Waals surface area (Å²) < 4.78 is 18.6. The van der Waals surface area contributed by atoms with Crippen LogP contribution in [0.25, 0.3) is 10.8 Å². The van der Waals surface area contributed by atoms with Gasteiger partial charge in [-0.25, -0.2) is 4.76 Å². The van der Waals surface area contributed by atoms with Crippen molar-refractivity contribution in [2.45, 2.75) is 0 Å². The standard InChI is InChI=1S/C23H18NOP/c25-26(22-13-5-2-6-14-22,24-18-19-9-3-1-4-10-19)23-16-15-20-11-7-8-12-21(20)17-23/h1-18H/b24-18+. The van der Waals surface area contributed by atoms with Gasteiger partial charge in [0.1, 0.15) is 0 Å². The second-order valence-corrected chi connectivity index (χ2v) is 8.51. The smallest absolute Gasteiger partial charge is 0.247 e. The molecule has 3 heteroatoms. The number of benzene rings is 4. The van der Waals surface area contributed by atoms with Crippen molar-refractivity contribution in [1.29, 1.82) is 0 Å². The zero-order valence-electron chi connectivity index (χ0n) is 14.2. The molecule has 126 valence electrons. The topological polar surface area (TPSA) is 29.4 Å². The highest BCUT2D eigenvalue weighted by atomic mass is 31.2. The summed E-state index contributed by atoms with van der Waals surface area (Å²) in [4.78, 5) is 0. The number of rotatable bonds is 4. The van der Waals surface area contributed by atoms with Crippen LogP contribution in [0.1, 0.15) is 5.56 Å². The van der Waals surface area contributed by atoms with Gasteiger partial charge < -0.3 is 0 Å². The van der Waals surface area contributed by atoms with Crippen LogP contribution in [-0.4, -0.2) is 6.21 Å². The van der Waals surface area contributed by atoms with E-state index in [2.05, 4.69) is 10.8 Å². The van der Waals surface area contributed by atoms with Crippen molar-refractivity contribution in [3.63, 3.8) is 0 Å². The van der Waals surface area contributed by atoms with Crippen LogP contribution in [0.5, 0.6) is 0 Å². The maximum Gasteiger partial charge on any atom is 0.247 e. The van der Waals surface area contributed by atoms with E-state index >= 15 is 0 Å². The van der Waals surface area contributed by atoms with E-state index in [1.54, 1.807) is 6.21 Å². The summed E-state index contributed by atoms with van der Waals surface area (Å²) in [7, 11) is -3.12. The van der Waals surface area contributed by atoms with Crippen molar-refractivity contribution >= 4 is 34.9 Å². The average Bonchev–Trinajstić information content (AvgIpc) is 2.73. The Balaban J connectivity index is 1.87. The normalized spacial score (nSPS) is 13.7. The van der Waals surface area contributed by atoms with Crippen molar-refractivity contribution in [3.8, 4) is 0 Å². The van der Waals surface area contributed by atoms with Crippen molar-refractivity contribution in [2.24, 2.45) is 4.76 Å². The molecule has 0 bridgehead atoms. The van der Waals surface area contributed by atoms with Gasteiger partial charge in [0.25, 0.3) is 0 Å². The van der Waals surface area contributed by atoms with E-state index in [4.69, 9.17) is 0 Å². The Morgan fingerprint density at radius 2 is 1.23 bits per heavy atom. The van der Waals surface area contributed by atoms with Crippen LogP contribution in [0.3, 0.4) is 0 Å². The minimum absolute atomic E-state index is 0.738. The molecule has 0 aliphatic rings. The number of nitrogens with zero attached hydrogens (tertiary/aromatic N) is 1. The van der Waals surface area contributed by atoms with Gasteiger partial charge in [0.05, 0.1) is 0 Å². The van der Waals surface area contributed by atoms with E-state index in [0.717, 1.165) is 26.9 Å². The summed E-state index contributed by atoms with van der Waals surface area (Å²) in [6, 6.07) is 33.3. The largest absolute Gasteiger partial charge is 0.288 e. The Morgan fingerprint density at radius 1 is 0.615 bits per heavy atom. The molecule has 4 rings (SSSR count). The monoisotopic (exact) mass is 355 g/mol. The molecule has 1 unspecified atom stereocenters. The summed E-state index contributed by atoms with van der Waals surface area (Å²) in [6.07, 6.45) is 1.71. The maximum atomic E-state index is 14.0. The summed E-state index contributed by atoms with van der Waals surface area (Å²) in [5.74, 6) is 0. The van der Waals surface area contributed by atoms with Crippen molar-refractivity contribution in [2.75, 3.05) is 0 Å². The van der Waals surface area contributed by atoms with Crippen molar-refractivity contribution < 1.29 is 4.57 Å². The van der Waals surface area contributed by atoms with E-state index < -0.39 is 7.29 Å². The minimum Gasteiger partial charge on any atom is -0.288 e. The summed E-state index contributed by atoms with van der Waals surface area (Å²) in [6.45, 7) is 0. The van der Waals surface area contributed by atoms with E-state index in [-0.39, 0.29) is 0 Å². The molecule has 0 fully saturated rings. The zero-order chi connectivity index (χ0) is 17.8. The quantitative estimate of drug-likeness (QED) is 0.366. The third kappa shape index (κ3) is 3.24. The molecule has 0 saturated heterocycles. The van der Waals surface area contributed by atoms with Gasteiger partial charge >= 0.3 is 0 Å². The molecule has 0 amide bonds. The second-order valence-electron chi connectivity index (χ2n) is 6.10. The van der Waals surface area contributed by atoms with Crippen LogP contribution in [0.4, 0.5) is 0 Å². The molecular formula is C23H18NOP. The SMILES string of the molecule is O=P(/N=C/c1ccccc1)(c1ccccc1)c1ccc2ccccc2c1. The molecule has 4 aromatic rings. The van der Waals surface area contributed by atoms with Gasteiger partial charge in [-0.3, -0.25) is 4.57 Å². The fourth-order valence-electron chi connectivity index (χ4n) is 2.96. The molecule has 26 heavy (non-hydrogen) atoms. The molecular weight excluding hydrogens is 337 g/mol. The van der Waals surface area contributed by atoms with Gasteiger partial charge in [0.2, 0.25) is 7.29 Å².